The van der Waals surface area contributed by atoms with E-state index in [2.05, 4.69) is 24.0 Å². The molecular weight excluding hydrogens is 286 g/mol. The number of hydrogen-bond acceptors (Lipinski definition) is 2. The lowest BCUT2D eigenvalue weighted by atomic mass is 9.90. The summed E-state index contributed by atoms with van der Waals surface area (Å²) in [5.41, 5.74) is 1.29. The van der Waals surface area contributed by atoms with E-state index in [9.17, 15) is 4.79 Å². The van der Waals surface area contributed by atoms with E-state index in [0.717, 1.165) is 44.2 Å². The van der Waals surface area contributed by atoms with Crippen LogP contribution in [-0.2, 0) is 9.53 Å². The first-order valence-electron chi connectivity index (χ1n) is 7.77. The number of carbonyl (C=O) groups excluding carboxylic acids is 1. The maximum Gasteiger partial charge on any atom is 0.225 e. The molecule has 0 aliphatic carbocycles. The second-order valence-corrected chi connectivity index (χ2v) is 6.70. The Kier molecular flexibility index (Phi) is 4.51. The van der Waals surface area contributed by atoms with Crippen LogP contribution in [0.5, 0.6) is 0 Å². The number of ether oxygens (including phenoxy) is 1. The third-order valence-corrected chi connectivity index (χ3v) is 5.04. The molecule has 0 spiro atoms. The van der Waals surface area contributed by atoms with Gasteiger partial charge in [-0.3, -0.25) is 4.79 Å². The minimum atomic E-state index is 0.162. The van der Waals surface area contributed by atoms with Crippen molar-refractivity contribution < 1.29 is 9.53 Å². The Morgan fingerprint density at radius 2 is 1.86 bits per heavy atom. The summed E-state index contributed by atoms with van der Waals surface area (Å²) in [6, 6.07) is 8.05. The number of halogens is 1. The fraction of sp³-hybridized carbons (Fsp3) is 0.588. The van der Waals surface area contributed by atoms with Crippen LogP contribution in [0.15, 0.2) is 24.3 Å². The van der Waals surface area contributed by atoms with Gasteiger partial charge in [0, 0.05) is 43.2 Å². The lowest BCUT2D eigenvalue weighted by Crippen LogP contribution is -2.37. The van der Waals surface area contributed by atoms with Crippen molar-refractivity contribution in [3.8, 4) is 0 Å². The Morgan fingerprint density at radius 1 is 1.19 bits per heavy atom. The Bertz CT molecular complexity index is 496. The number of benzene rings is 1. The van der Waals surface area contributed by atoms with Crippen LogP contribution in [0.3, 0.4) is 0 Å². The molecule has 2 aliphatic rings. The average molecular weight is 308 g/mol. The van der Waals surface area contributed by atoms with Crippen LogP contribution in [0, 0.1) is 11.8 Å². The van der Waals surface area contributed by atoms with E-state index in [0.29, 0.717) is 17.7 Å². The van der Waals surface area contributed by atoms with Gasteiger partial charge >= 0.3 is 0 Å². The predicted octanol–water partition coefficient (Wildman–Crippen LogP) is 3.33. The zero-order valence-electron chi connectivity index (χ0n) is 12.4. The van der Waals surface area contributed by atoms with E-state index in [1.807, 2.05) is 12.1 Å². The molecule has 0 bridgehead atoms. The summed E-state index contributed by atoms with van der Waals surface area (Å²) in [5.74, 6) is 1.40. The van der Waals surface area contributed by atoms with E-state index in [-0.39, 0.29) is 5.92 Å². The summed E-state index contributed by atoms with van der Waals surface area (Å²) in [5, 5.41) is 0.763. The van der Waals surface area contributed by atoms with Crippen LogP contribution >= 0.6 is 11.6 Å². The van der Waals surface area contributed by atoms with Crippen LogP contribution in [0.25, 0.3) is 0 Å². The van der Waals surface area contributed by atoms with Gasteiger partial charge in [0.05, 0.1) is 0 Å². The summed E-state index contributed by atoms with van der Waals surface area (Å²) in [6.45, 7) is 5.37. The Balaban J connectivity index is 1.67. The summed E-state index contributed by atoms with van der Waals surface area (Å²) in [6.07, 6.45) is 1.74. The SMILES string of the molecule is C[C@@H]1CN(C(=O)C2CCOCC2)C[C@H]1c1ccc(Cl)cc1. The van der Waals surface area contributed by atoms with Crippen molar-refractivity contribution in [2.24, 2.45) is 11.8 Å². The van der Waals surface area contributed by atoms with E-state index < -0.39 is 0 Å². The molecule has 1 amide bonds. The number of amides is 1. The molecular formula is C17H22ClNO2. The summed E-state index contributed by atoms with van der Waals surface area (Å²) in [7, 11) is 0. The van der Waals surface area contributed by atoms with Gasteiger partial charge in [-0.2, -0.15) is 0 Å². The zero-order chi connectivity index (χ0) is 14.8. The lowest BCUT2D eigenvalue weighted by molar-refractivity contribution is -0.137. The highest BCUT2D eigenvalue weighted by atomic mass is 35.5. The van der Waals surface area contributed by atoms with Crippen molar-refractivity contribution in [1.29, 1.82) is 0 Å². The lowest BCUT2D eigenvalue weighted by Gasteiger charge is -2.26. The van der Waals surface area contributed by atoms with Crippen molar-refractivity contribution in [1.82, 2.24) is 4.90 Å². The molecule has 2 atom stereocenters. The van der Waals surface area contributed by atoms with Crippen LogP contribution in [0.4, 0.5) is 0 Å². The third kappa shape index (κ3) is 3.24. The molecule has 0 N–H and O–H groups in total. The molecule has 21 heavy (non-hydrogen) atoms. The Morgan fingerprint density at radius 3 is 2.52 bits per heavy atom. The van der Waals surface area contributed by atoms with Gasteiger partial charge in [0.15, 0.2) is 0 Å². The molecule has 0 unspecified atom stereocenters. The molecule has 2 fully saturated rings. The molecule has 1 aromatic carbocycles. The number of nitrogens with zero attached hydrogens (tertiary/aromatic N) is 1. The fourth-order valence-electron chi connectivity index (χ4n) is 3.49. The van der Waals surface area contributed by atoms with Crippen molar-refractivity contribution in [2.75, 3.05) is 26.3 Å². The molecule has 3 nitrogen and oxygen atoms in total. The fourth-order valence-corrected chi connectivity index (χ4v) is 3.62. The average Bonchev–Trinajstić information content (AvgIpc) is 2.90. The first-order chi connectivity index (χ1) is 10.1. The molecule has 2 heterocycles. The molecule has 4 heteroatoms. The van der Waals surface area contributed by atoms with E-state index >= 15 is 0 Å². The summed E-state index contributed by atoms with van der Waals surface area (Å²) < 4.78 is 5.35. The molecule has 0 saturated carbocycles. The smallest absolute Gasteiger partial charge is 0.225 e. The zero-order valence-corrected chi connectivity index (χ0v) is 13.2. The maximum atomic E-state index is 12.6. The Labute approximate surface area is 131 Å². The van der Waals surface area contributed by atoms with Crippen molar-refractivity contribution in [2.45, 2.75) is 25.7 Å². The highest BCUT2D eigenvalue weighted by Crippen LogP contribution is 2.34. The molecule has 2 saturated heterocycles. The van der Waals surface area contributed by atoms with Crippen LogP contribution in [-0.4, -0.2) is 37.1 Å². The number of likely N-dealkylation sites (tertiary alicyclic amines) is 1. The number of carbonyl (C=O) groups is 1. The van der Waals surface area contributed by atoms with Gasteiger partial charge in [-0.1, -0.05) is 30.7 Å². The molecule has 114 valence electrons. The summed E-state index contributed by atoms with van der Waals surface area (Å²) >= 11 is 5.96. The second kappa shape index (κ2) is 6.37. The second-order valence-electron chi connectivity index (χ2n) is 6.27. The van der Waals surface area contributed by atoms with Gasteiger partial charge in [0.25, 0.3) is 0 Å². The normalized spacial score (nSPS) is 27.0. The highest BCUT2D eigenvalue weighted by Gasteiger charge is 2.36. The first kappa shape index (κ1) is 14.9. The summed E-state index contributed by atoms with van der Waals surface area (Å²) in [4.78, 5) is 14.7. The van der Waals surface area contributed by atoms with Crippen LogP contribution < -0.4 is 0 Å². The van der Waals surface area contributed by atoms with E-state index in [4.69, 9.17) is 16.3 Å². The van der Waals surface area contributed by atoms with Gasteiger partial charge in [-0.25, -0.2) is 0 Å². The largest absolute Gasteiger partial charge is 0.381 e. The van der Waals surface area contributed by atoms with Crippen LogP contribution in [0.1, 0.15) is 31.2 Å². The molecule has 2 aliphatic heterocycles. The number of hydrogen-bond donors (Lipinski definition) is 0. The Hall–Kier alpha value is -1.06. The maximum absolute atomic E-state index is 12.6. The molecule has 3 rings (SSSR count). The number of rotatable bonds is 2. The molecule has 0 radical (unpaired) electrons. The molecule has 0 aromatic heterocycles. The van der Waals surface area contributed by atoms with Crippen molar-refractivity contribution in [3.63, 3.8) is 0 Å². The van der Waals surface area contributed by atoms with Gasteiger partial charge in [0.1, 0.15) is 0 Å². The van der Waals surface area contributed by atoms with Crippen molar-refractivity contribution in [3.05, 3.63) is 34.9 Å². The van der Waals surface area contributed by atoms with Crippen molar-refractivity contribution >= 4 is 17.5 Å². The van der Waals surface area contributed by atoms with Gasteiger partial charge in [0.2, 0.25) is 5.91 Å². The standard InChI is InChI=1S/C17H22ClNO2/c1-12-10-19(17(20)14-6-8-21-9-7-14)11-16(12)13-2-4-15(18)5-3-13/h2-5,12,14,16H,6-11H2,1H3/t12-,16-/m1/s1. The van der Waals surface area contributed by atoms with Gasteiger partial charge < -0.3 is 9.64 Å². The quantitative estimate of drug-likeness (QED) is 0.839. The monoisotopic (exact) mass is 307 g/mol. The minimum Gasteiger partial charge on any atom is -0.381 e. The van der Waals surface area contributed by atoms with Gasteiger partial charge in [-0.05, 0) is 36.5 Å². The van der Waals surface area contributed by atoms with E-state index in [1.54, 1.807) is 0 Å². The van der Waals surface area contributed by atoms with E-state index in [1.165, 1.54) is 5.56 Å². The topological polar surface area (TPSA) is 29.5 Å². The van der Waals surface area contributed by atoms with Gasteiger partial charge in [-0.15, -0.1) is 0 Å². The predicted molar refractivity (Wildman–Crippen MR) is 83.5 cm³/mol. The molecule has 1 aromatic rings. The highest BCUT2D eigenvalue weighted by molar-refractivity contribution is 6.30. The third-order valence-electron chi connectivity index (χ3n) is 4.79. The minimum absolute atomic E-state index is 0.162. The first-order valence-corrected chi connectivity index (χ1v) is 8.15. The van der Waals surface area contributed by atoms with Crippen LogP contribution in [0.2, 0.25) is 5.02 Å².